The van der Waals surface area contributed by atoms with Crippen LogP contribution in [0.25, 0.3) is 0 Å². The molecule has 0 aliphatic heterocycles. The van der Waals surface area contributed by atoms with Gasteiger partial charge >= 0.3 is 0 Å². The summed E-state index contributed by atoms with van der Waals surface area (Å²) in [6.07, 6.45) is 6.72. The van der Waals surface area contributed by atoms with E-state index >= 15 is 0 Å². The second kappa shape index (κ2) is 4.97. The van der Waals surface area contributed by atoms with Gasteiger partial charge in [-0.05, 0) is 59.9 Å². The molecule has 0 aromatic carbocycles. The van der Waals surface area contributed by atoms with Gasteiger partial charge in [-0.15, -0.1) is 0 Å². The number of halogens is 1. The Bertz CT molecular complexity index is 420. The normalized spacial score (nSPS) is 19.8. The molecular weight excluding hydrogens is 290 g/mol. The molecule has 3 nitrogen and oxygen atoms in total. The molecule has 4 heteroatoms. The van der Waals surface area contributed by atoms with Gasteiger partial charge in [0.1, 0.15) is 0 Å². The predicted molar refractivity (Wildman–Crippen MR) is 76.4 cm³/mol. The second-order valence-corrected chi connectivity index (χ2v) is 6.56. The van der Waals surface area contributed by atoms with Crippen molar-refractivity contribution >= 4 is 15.9 Å². The first-order chi connectivity index (χ1) is 8.70. The van der Waals surface area contributed by atoms with Crippen LogP contribution in [0.15, 0.2) is 4.47 Å². The zero-order valence-electron chi connectivity index (χ0n) is 11.2. The summed E-state index contributed by atoms with van der Waals surface area (Å²) in [7, 11) is 2.05. The van der Waals surface area contributed by atoms with Gasteiger partial charge in [-0.25, -0.2) is 0 Å². The molecule has 2 fully saturated rings. The summed E-state index contributed by atoms with van der Waals surface area (Å²) in [6, 6.07) is 0.761. The molecule has 0 spiro atoms. The summed E-state index contributed by atoms with van der Waals surface area (Å²) in [6.45, 7) is 3.10. The zero-order chi connectivity index (χ0) is 12.7. The first kappa shape index (κ1) is 12.7. The lowest BCUT2D eigenvalue weighted by molar-refractivity contribution is 0.409. The largest absolute Gasteiger partial charge is 0.308 e. The molecule has 100 valence electrons. The van der Waals surface area contributed by atoms with Crippen LogP contribution in [0.4, 0.5) is 0 Å². The molecule has 2 aliphatic carbocycles. The van der Waals surface area contributed by atoms with Crippen LogP contribution in [-0.4, -0.2) is 15.8 Å². The van der Waals surface area contributed by atoms with Crippen molar-refractivity contribution in [1.82, 2.24) is 15.1 Å². The van der Waals surface area contributed by atoms with Crippen LogP contribution in [0.3, 0.4) is 0 Å². The third-order valence-corrected chi connectivity index (χ3v) is 5.18. The zero-order valence-corrected chi connectivity index (χ0v) is 12.8. The summed E-state index contributed by atoms with van der Waals surface area (Å²) in [4.78, 5) is 0. The van der Waals surface area contributed by atoms with Crippen LogP contribution in [0.2, 0.25) is 0 Å². The lowest BCUT2D eigenvalue weighted by atomic mass is 10.1. The minimum Gasteiger partial charge on any atom is -0.308 e. The van der Waals surface area contributed by atoms with Crippen LogP contribution in [0.5, 0.6) is 0 Å². The first-order valence-corrected chi connectivity index (χ1v) is 7.93. The summed E-state index contributed by atoms with van der Waals surface area (Å²) in [5.74, 6) is 1.91. The molecule has 3 rings (SSSR count). The molecule has 0 radical (unpaired) electrons. The van der Waals surface area contributed by atoms with E-state index in [-0.39, 0.29) is 0 Å². The van der Waals surface area contributed by atoms with E-state index in [0.717, 1.165) is 30.8 Å². The molecule has 0 bridgehead atoms. The number of aryl methyl sites for hydroxylation is 2. The Morgan fingerprint density at radius 1 is 1.33 bits per heavy atom. The first-order valence-electron chi connectivity index (χ1n) is 7.14. The standard InChI is InChI=1S/C14H22BrN3/c1-3-11-13(15)12(18(2)17-11)8-16-14(9-4-5-9)10-6-7-10/h9-10,14,16H,3-8H2,1-2H3. The fraction of sp³-hybridized carbons (Fsp3) is 0.786. The maximum absolute atomic E-state index is 4.56. The van der Waals surface area contributed by atoms with Gasteiger partial charge in [0, 0.05) is 19.6 Å². The Morgan fingerprint density at radius 2 is 1.94 bits per heavy atom. The van der Waals surface area contributed by atoms with Gasteiger partial charge in [0.2, 0.25) is 0 Å². The Hall–Kier alpha value is -0.350. The molecule has 2 saturated carbocycles. The van der Waals surface area contributed by atoms with Gasteiger partial charge in [-0.3, -0.25) is 4.68 Å². The lowest BCUT2D eigenvalue weighted by Gasteiger charge is -2.17. The average molecular weight is 312 g/mol. The Morgan fingerprint density at radius 3 is 2.39 bits per heavy atom. The lowest BCUT2D eigenvalue weighted by Crippen LogP contribution is -2.33. The molecule has 1 aromatic rings. The molecule has 0 unspecified atom stereocenters. The van der Waals surface area contributed by atoms with E-state index in [9.17, 15) is 0 Å². The molecular formula is C14H22BrN3. The maximum Gasteiger partial charge on any atom is 0.0767 e. The van der Waals surface area contributed by atoms with Crippen molar-refractivity contribution in [3.05, 3.63) is 15.9 Å². The number of nitrogens with one attached hydrogen (secondary N) is 1. The molecule has 1 aromatic heterocycles. The van der Waals surface area contributed by atoms with Crippen molar-refractivity contribution in [2.75, 3.05) is 0 Å². The second-order valence-electron chi connectivity index (χ2n) is 5.77. The molecule has 0 amide bonds. The minimum atomic E-state index is 0.761. The maximum atomic E-state index is 4.56. The van der Waals surface area contributed by atoms with E-state index in [1.165, 1.54) is 41.5 Å². The van der Waals surface area contributed by atoms with Crippen LogP contribution in [0, 0.1) is 11.8 Å². The summed E-state index contributed by atoms with van der Waals surface area (Å²) in [5.41, 5.74) is 2.46. The Balaban J connectivity index is 1.66. The van der Waals surface area contributed by atoms with Crippen molar-refractivity contribution in [3.63, 3.8) is 0 Å². The van der Waals surface area contributed by atoms with E-state index in [4.69, 9.17) is 0 Å². The number of aromatic nitrogens is 2. The SMILES string of the molecule is CCc1nn(C)c(CNC(C2CC2)C2CC2)c1Br. The van der Waals surface area contributed by atoms with Crippen molar-refractivity contribution in [1.29, 1.82) is 0 Å². The predicted octanol–water partition coefficient (Wildman–Crippen LogP) is 3.02. The highest BCUT2D eigenvalue weighted by molar-refractivity contribution is 9.10. The van der Waals surface area contributed by atoms with E-state index < -0.39 is 0 Å². The highest BCUT2D eigenvalue weighted by Gasteiger charge is 2.41. The van der Waals surface area contributed by atoms with E-state index in [0.29, 0.717) is 0 Å². The fourth-order valence-electron chi connectivity index (χ4n) is 2.86. The van der Waals surface area contributed by atoms with Crippen molar-refractivity contribution in [2.24, 2.45) is 18.9 Å². The smallest absolute Gasteiger partial charge is 0.0767 e. The third kappa shape index (κ3) is 2.50. The highest BCUT2D eigenvalue weighted by Crippen LogP contribution is 2.44. The topological polar surface area (TPSA) is 29.9 Å². The Labute approximate surface area is 117 Å². The molecule has 0 saturated heterocycles. The third-order valence-electron chi connectivity index (χ3n) is 4.27. The number of rotatable bonds is 6. The number of hydrogen-bond donors (Lipinski definition) is 1. The van der Waals surface area contributed by atoms with E-state index in [1.54, 1.807) is 0 Å². The van der Waals surface area contributed by atoms with Gasteiger partial charge in [0.05, 0.1) is 15.9 Å². The minimum absolute atomic E-state index is 0.761. The quantitative estimate of drug-likeness (QED) is 0.875. The molecule has 1 heterocycles. The van der Waals surface area contributed by atoms with Crippen LogP contribution >= 0.6 is 15.9 Å². The van der Waals surface area contributed by atoms with Crippen LogP contribution < -0.4 is 5.32 Å². The van der Waals surface area contributed by atoms with Gasteiger partial charge in [-0.2, -0.15) is 5.10 Å². The van der Waals surface area contributed by atoms with E-state index in [2.05, 4.69) is 33.3 Å². The van der Waals surface area contributed by atoms with Gasteiger partial charge in [-0.1, -0.05) is 6.92 Å². The summed E-state index contributed by atoms with van der Waals surface area (Å²) in [5, 5.41) is 8.35. The van der Waals surface area contributed by atoms with Crippen molar-refractivity contribution < 1.29 is 0 Å². The van der Waals surface area contributed by atoms with E-state index in [1.807, 2.05) is 11.7 Å². The monoisotopic (exact) mass is 311 g/mol. The van der Waals surface area contributed by atoms with Crippen molar-refractivity contribution in [3.8, 4) is 0 Å². The summed E-state index contributed by atoms with van der Waals surface area (Å²) >= 11 is 3.69. The highest BCUT2D eigenvalue weighted by atomic mass is 79.9. The molecule has 0 atom stereocenters. The Kier molecular flexibility index (Phi) is 3.50. The average Bonchev–Trinajstić information content (AvgIpc) is 3.24. The number of hydrogen-bond acceptors (Lipinski definition) is 2. The van der Waals surface area contributed by atoms with Gasteiger partial charge in [0.15, 0.2) is 0 Å². The summed E-state index contributed by atoms with van der Waals surface area (Å²) < 4.78 is 3.22. The van der Waals surface area contributed by atoms with Gasteiger partial charge < -0.3 is 5.32 Å². The van der Waals surface area contributed by atoms with Gasteiger partial charge in [0.25, 0.3) is 0 Å². The van der Waals surface area contributed by atoms with Crippen LogP contribution in [-0.2, 0) is 20.0 Å². The molecule has 2 aliphatic rings. The number of nitrogens with zero attached hydrogens (tertiary/aromatic N) is 2. The molecule has 1 N–H and O–H groups in total. The fourth-order valence-corrected chi connectivity index (χ4v) is 3.61. The molecule has 18 heavy (non-hydrogen) atoms. The van der Waals surface area contributed by atoms with Crippen molar-refractivity contribution in [2.45, 2.75) is 51.6 Å². The van der Waals surface area contributed by atoms with Crippen LogP contribution in [0.1, 0.15) is 44.0 Å².